The molecule has 1 N–H and O–H groups in total. The van der Waals surface area contributed by atoms with Crippen molar-refractivity contribution in [3.05, 3.63) is 72.1 Å². The highest BCUT2D eigenvalue weighted by Gasteiger charge is 2.23. The second-order valence-corrected chi connectivity index (χ2v) is 6.39. The van der Waals surface area contributed by atoms with E-state index in [4.69, 9.17) is 9.83 Å². The highest BCUT2D eigenvalue weighted by molar-refractivity contribution is 6.10. The van der Waals surface area contributed by atoms with Gasteiger partial charge in [-0.05, 0) is 22.9 Å². The van der Waals surface area contributed by atoms with Crippen molar-refractivity contribution in [3.63, 3.8) is 0 Å². The molecule has 2 aromatic carbocycles. The van der Waals surface area contributed by atoms with Crippen molar-refractivity contribution in [2.45, 2.75) is 0 Å². The number of H-pyrrole nitrogens is 1. The summed E-state index contributed by atoms with van der Waals surface area (Å²) in [7, 11) is 1.52. The molecule has 1 aliphatic heterocycles. The van der Waals surface area contributed by atoms with Crippen molar-refractivity contribution in [1.82, 2.24) is 14.9 Å². The van der Waals surface area contributed by atoms with Gasteiger partial charge in [-0.2, -0.15) is 0 Å². The Morgan fingerprint density at radius 2 is 2.04 bits per heavy atom. The maximum Gasteiger partial charge on any atom is 0.293 e. The van der Waals surface area contributed by atoms with E-state index in [0.717, 1.165) is 24.5 Å². The summed E-state index contributed by atoms with van der Waals surface area (Å²) < 4.78 is 0. The van der Waals surface area contributed by atoms with Crippen LogP contribution in [0.1, 0.15) is 16.1 Å². The fourth-order valence-corrected chi connectivity index (χ4v) is 3.46. The van der Waals surface area contributed by atoms with Gasteiger partial charge in [-0.1, -0.05) is 42.5 Å². The molecule has 0 atom stereocenters. The second-order valence-electron chi connectivity index (χ2n) is 6.39. The van der Waals surface area contributed by atoms with E-state index in [2.05, 4.69) is 40.2 Å². The third kappa shape index (κ3) is 3.44. The Hall–Kier alpha value is -3.12. The fraction of sp³-hybridized carbons (Fsp3) is 0.238. The molecule has 6 heteroatoms. The van der Waals surface area contributed by atoms with Gasteiger partial charge >= 0.3 is 0 Å². The zero-order valence-electron chi connectivity index (χ0n) is 15.3. The lowest BCUT2D eigenvalue weighted by Gasteiger charge is -2.25. The van der Waals surface area contributed by atoms with Crippen LogP contribution in [-0.2, 0) is 4.84 Å². The van der Waals surface area contributed by atoms with E-state index >= 15 is 0 Å². The van der Waals surface area contributed by atoms with E-state index in [9.17, 15) is 4.79 Å². The van der Waals surface area contributed by atoms with E-state index in [0.29, 0.717) is 18.8 Å². The molecule has 1 amide bonds. The number of aromatic nitrogens is 1. The number of hydrogen-bond acceptors (Lipinski definition) is 4. The standard InChI is InChI=1S/C21H22N4O2/c1-27-25(21(26)19-10-5-11-22-19)15-14-24-13-12-23-20(24)18-9-4-7-16-6-2-3-8-17(16)18/h2-11,22H,12-15H2,1H3. The van der Waals surface area contributed by atoms with E-state index in [1.54, 1.807) is 18.3 Å². The number of benzene rings is 2. The maximum absolute atomic E-state index is 12.5. The molecule has 3 aromatic rings. The molecule has 2 heterocycles. The molecular weight excluding hydrogens is 340 g/mol. The predicted octanol–water partition coefficient (Wildman–Crippen LogP) is 2.93. The maximum atomic E-state index is 12.5. The molecule has 0 aliphatic carbocycles. The Bertz CT molecular complexity index is 960. The summed E-state index contributed by atoms with van der Waals surface area (Å²) in [5.74, 6) is 0.806. The molecule has 0 radical (unpaired) electrons. The number of amidine groups is 1. The lowest BCUT2D eigenvalue weighted by molar-refractivity contribution is -0.0963. The number of fused-ring (bicyclic) bond motifs is 1. The topological polar surface area (TPSA) is 60.9 Å². The quantitative estimate of drug-likeness (QED) is 0.686. The zero-order valence-corrected chi connectivity index (χ0v) is 15.3. The van der Waals surface area contributed by atoms with Gasteiger partial charge in [-0.15, -0.1) is 0 Å². The molecule has 0 saturated carbocycles. The van der Waals surface area contributed by atoms with Crippen molar-refractivity contribution in [1.29, 1.82) is 0 Å². The van der Waals surface area contributed by atoms with Crippen LogP contribution in [0.5, 0.6) is 0 Å². The molecule has 4 rings (SSSR count). The number of carbonyl (C=O) groups excluding carboxylic acids is 1. The molecule has 138 valence electrons. The van der Waals surface area contributed by atoms with Crippen LogP contribution in [0.25, 0.3) is 10.8 Å². The molecule has 0 bridgehead atoms. The highest BCUT2D eigenvalue weighted by Crippen LogP contribution is 2.22. The zero-order chi connectivity index (χ0) is 18.6. The van der Waals surface area contributed by atoms with Gasteiger partial charge in [-0.25, -0.2) is 5.06 Å². The Morgan fingerprint density at radius 1 is 1.19 bits per heavy atom. The first-order chi connectivity index (χ1) is 13.3. The number of amides is 1. The first kappa shape index (κ1) is 17.3. The van der Waals surface area contributed by atoms with Gasteiger partial charge < -0.3 is 9.88 Å². The summed E-state index contributed by atoms with van der Waals surface area (Å²) in [5.41, 5.74) is 1.64. The van der Waals surface area contributed by atoms with Gasteiger partial charge in [0, 0.05) is 24.8 Å². The summed E-state index contributed by atoms with van der Waals surface area (Å²) >= 11 is 0. The lowest BCUT2D eigenvalue weighted by atomic mass is 10.0. The van der Waals surface area contributed by atoms with Crippen LogP contribution in [0.4, 0.5) is 0 Å². The highest BCUT2D eigenvalue weighted by atomic mass is 16.7. The number of hydrogen-bond donors (Lipinski definition) is 1. The average Bonchev–Trinajstić information content (AvgIpc) is 3.40. The minimum Gasteiger partial charge on any atom is -0.357 e. The predicted molar refractivity (Wildman–Crippen MR) is 106 cm³/mol. The summed E-state index contributed by atoms with van der Waals surface area (Å²) in [6.07, 6.45) is 1.73. The first-order valence-electron chi connectivity index (χ1n) is 9.05. The van der Waals surface area contributed by atoms with Crippen molar-refractivity contribution in [2.24, 2.45) is 4.99 Å². The summed E-state index contributed by atoms with van der Waals surface area (Å²) in [6, 6.07) is 18.2. The van der Waals surface area contributed by atoms with Gasteiger partial charge in [0.1, 0.15) is 11.5 Å². The van der Waals surface area contributed by atoms with Crippen molar-refractivity contribution < 1.29 is 9.63 Å². The Kier molecular flexibility index (Phi) is 4.89. The Labute approximate surface area is 158 Å². The van der Waals surface area contributed by atoms with Crippen LogP contribution in [-0.4, -0.2) is 60.0 Å². The number of nitrogens with zero attached hydrogens (tertiary/aromatic N) is 3. The van der Waals surface area contributed by atoms with Gasteiger partial charge in [0.25, 0.3) is 5.91 Å². The number of hydroxylamine groups is 2. The van der Waals surface area contributed by atoms with Crippen molar-refractivity contribution >= 4 is 22.5 Å². The molecule has 0 saturated heterocycles. The summed E-state index contributed by atoms with van der Waals surface area (Å²) in [4.78, 5) is 27.7. The van der Waals surface area contributed by atoms with Gasteiger partial charge in [-0.3, -0.25) is 14.6 Å². The Morgan fingerprint density at radius 3 is 2.85 bits per heavy atom. The summed E-state index contributed by atoms with van der Waals surface area (Å²) in [6.45, 7) is 2.71. The van der Waals surface area contributed by atoms with Crippen LogP contribution in [0, 0.1) is 0 Å². The molecule has 1 aromatic heterocycles. The molecule has 0 spiro atoms. The number of aliphatic imine (C=N–C) groups is 1. The number of rotatable bonds is 6. The number of aromatic amines is 1. The minimum atomic E-state index is -0.176. The Balaban J connectivity index is 1.51. The van der Waals surface area contributed by atoms with Gasteiger partial charge in [0.15, 0.2) is 0 Å². The van der Waals surface area contributed by atoms with E-state index < -0.39 is 0 Å². The van der Waals surface area contributed by atoms with Crippen LogP contribution in [0.15, 0.2) is 65.8 Å². The number of carbonyl (C=O) groups is 1. The van der Waals surface area contributed by atoms with E-state index in [1.807, 2.05) is 12.1 Å². The number of nitrogens with one attached hydrogen (secondary N) is 1. The smallest absolute Gasteiger partial charge is 0.293 e. The van der Waals surface area contributed by atoms with Crippen LogP contribution in [0.2, 0.25) is 0 Å². The van der Waals surface area contributed by atoms with Gasteiger partial charge in [0.2, 0.25) is 0 Å². The average molecular weight is 362 g/mol. The van der Waals surface area contributed by atoms with Gasteiger partial charge in [0.05, 0.1) is 20.2 Å². The molecule has 0 unspecified atom stereocenters. The van der Waals surface area contributed by atoms with Crippen molar-refractivity contribution in [3.8, 4) is 0 Å². The monoisotopic (exact) mass is 362 g/mol. The molecule has 27 heavy (non-hydrogen) atoms. The normalized spacial score (nSPS) is 13.8. The molecular formula is C21H22N4O2. The van der Waals surface area contributed by atoms with Crippen LogP contribution < -0.4 is 0 Å². The molecule has 1 aliphatic rings. The van der Waals surface area contributed by atoms with E-state index in [-0.39, 0.29) is 5.91 Å². The largest absolute Gasteiger partial charge is 0.357 e. The third-order valence-electron chi connectivity index (χ3n) is 4.81. The van der Waals surface area contributed by atoms with Crippen LogP contribution >= 0.6 is 0 Å². The molecule has 6 nitrogen and oxygen atoms in total. The van der Waals surface area contributed by atoms with Crippen molar-refractivity contribution in [2.75, 3.05) is 33.3 Å². The molecule has 0 fully saturated rings. The summed E-state index contributed by atoms with van der Waals surface area (Å²) in [5, 5.41) is 3.77. The second kappa shape index (κ2) is 7.63. The minimum absolute atomic E-state index is 0.176. The van der Waals surface area contributed by atoms with Crippen LogP contribution in [0.3, 0.4) is 0 Å². The SMILES string of the molecule is CON(CCN1CCN=C1c1cccc2ccccc12)C(=O)c1ccc[nH]1. The lowest BCUT2D eigenvalue weighted by Crippen LogP contribution is -2.39. The first-order valence-corrected chi connectivity index (χ1v) is 9.05. The third-order valence-corrected chi connectivity index (χ3v) is 4.81. The fourth-order valence-electron chi connectivity index (χ4n) is 3.46. The van der Waals surface area contributed by atoms with E-state index in [1.165, 1.54) is 22.9 Å².